The van der Waals surface area contributed by atoms with Gasteiger partial charge in [-0.05, 0) is 87.0 Å². The first kappa shape index (κ1) is 35.5. The van der Waals surface area contributed by atoms with Gasteiger partial charge in [0.25, 0.3) is 0 Å². The van der Waals surface area contributed by atoms with Gasteiger partial charge in [-0.25, -0.2) is 15.0 Å². The second-order valence-corrected chi connectivity index (χ2v) is 15.5. The van der Waals surface area contributed by atoms with Crippen molar-refractivity contribution in [2.45, 2.75) is 0 Å². The van der Waals surface area contributed by atoms with E-state index >= 15 is 0 Å². The molecule has 0 spiro atoms. The molecule has 12 aromatic rings. The topological polar surface area (TPSA) is 65.0 Å². The lowest BCUT2D eigenvalue weighted by atomic mass is 9.91. The first-order valence-electron chi connectivity index (χ1n) is 20.7. The van der Waals surface area contributed by atoms with Crippen molar-refractivity contribution >= 4 is 43.9 Å². The molecule has 0 fully saturated rings. The number of nitrogens with zero attached hydrogens (tertiary/aromatic N) is 3. The molecule has 0 bridgehead atoms. The van der Waals surface area contributed by atoms with Crippen LogP contribution in [-0.4, -0.2) is 15.0 Å². The first-order chi connectivity index (χ1) is 30.7. The van der Waals surface area contributed by atoms with Crippen LogP contribution >= 0.6 is 0 Å². The Bertz CT molecular complexity index is 3510. The SMILES string of the molecule is c1ccc(-c2ccc(-c3nc(-c4ccc(-c5ccccc5)cc4)nc(-c4ccc(-c5cccc6oc7ccccc7c56)cc4-c4ccc5oc6ccccc6c5c4)n3)cc2)cc1. The molecular formula is C57H35N3O2. The van der Waals surface area contributed by atoms with Crippen molar-refractivity contribution in [3.8, 4) is 78.7 Å². The van der Waals surface area contributed by atoms with Crippen LogP contribution in [0.5, 0.6) is 0 Å². The molecule has 12 rings (SSSR count). The van der Waals surface area contributed by atoms with Crippen LogP contribution in [-0.2, 0) is 0 Å². The van der Waals surface area contributed by atoms with Crippen LogP contribution in [0, 0.1) is 0 Å². The van der Waals surface area contributed by atoms with Gasteiger partial charge in [0, 0.05) is 38.2 Å². The van der Waals surface area contributed by atoms with Crippen LogP contribution in [0.25, 0.3) is 123 Å². The normalized spacial score (nSPS) is 11.5. The van der Waals surface area contributed by atoms with E-state index in [0.717, 1.165) is 105 Å². The number of fused-ring (bicyclic) bond motifs is 6. The largest absolute Gasteiger partial charge is 0.456 e. The second kappa shape index (κ2) is 14.7. The van der Waals surface area contributed by atoms with E-state index in [4.69, 9.17) is 23.8 Å². The average molecular weight is 794 g/mol. The third-order valence-electron chi connectivity index (χ3n) is 11.8. The summed E-state index contributed by atoms with van der Waals surface area (Å²) in [6.07, 6.45) is 0. The van der Waals surface area contributed by atoms with E-state index in [1.165, 1.54) is 0 Å². The Kier molecular flexibility index (Phi) is 8.42. The van der Waals surface area contributed by atoms with E-state index in [9.17, 15) is 0 Å². The second-order valence-electron chi connectivity index (χ2n) is 15.5. The molecular weight excluding hydrogens is 759 g/mol. The highest BCUT2D eigenvalue weighted by molar-refractivity contribution is 6.13. The standard InChI is InChI=1S/C57H35N3O2/c1-3-12-36(13-4-1)38-22-26-40(27-23-38)55-58-56(41-28-24-39(25-29-41)37-14-5-2-6-15-37)60-57(59-55)46-32-30-42(44-18-11-21-53-54(44)47-17-8-10-20-51(47)62-53)34-48(46)43-31-33-52-49(35-43)45-16-7-9-19-50(45)61-52/h1-35H. The molecule has 0 saturated heterocycles. The summed E-state index contributed by atoms with van der Waals surface area (Å²) in [4.78, 5) is 15.7. The van der Waals surface area contributed by atoms with Gasteiger partial charge in [0.1, 0.15) is 22.3 Å². The van der Waals surface area contributed by atoms with Crippen LogP contribution in [0.15, 0.2) is 221 Å². The molecule has 0 aliphatic rings. The number of benzene rings is 9. The minimum Gasteiger partial charge on any atom is -0.456 e. The summed E-state index contributed by atoms with van der Waals surface area (Å²) in [7, 11) is 0. The molecule has 0 amide bonds. The Labute approximate surface area is 357 Å². The van der Waals surface area contributed by atoms with Crippen LogP contribution in [0.2, 0.25) is 0 Å². The van der Waals surface area contributed by atoms with Crippen LogP contribution < -0.4 is 0 Å². The number of hydrogen-bond acceptors (Lipinski definition) is 5. The summed E-state index contributed by atoms with van der Waals surface area (Å²) in [5.41, 5.74) is 14.8. The van der Waals surface area contributed by atoms with Crippen LogP contribution in [0.4, 0.5) is 0 Å². The number of rotatable bonds is 7. The average Bonchev–Trinajstić information content (AvgIpc) is 3.93. The molecule has 0 saturated carbocycles. The van der Waals surface area contributed by atoms with Gasteiger partial charge in [-0.2, -0.15) is 0 Å². The summed E-state index contributed by atoms with van der Waals surface area (Å²) in [6.45, 7) is 0. The molecule has 0 unspecified atom stereocenters. The predicted octanol–water partition coefficient (Wildman–Crippen LogP) is 15.3. The van der Waals surface area contributed by atoms with Gasteiger partial charge in [-0.3, -0.25) is 0 Å². The van der Waals surface area contributed by atoms with Gasteiger partial charge in [0.15, 0.2) is 17.5 Å². The quantitative estimate of drug-likeness (QED) is 0.161. The summed E-state index contributed by atoms with van der Waals surface area (Å²) < 4.78 is 12.6. The molecule has 290 valence electrons. The molecule has 0 aliphatic heterocycles. The minimum atomic E-state index is 0.579. The van der Waals surface area contributed by atoms with Crippen molar-refractivity contribution in [2.75, 3.05) is 0 Å². The van der Waals surface area contributed by atoms with E-state index in [1.807, 2.05) is 42.5 Å². The lowest BCUT2D eigenvalue weighted by Gasteiger charge is -2.15. The Morgan fingerprint density at radius 3 is 1.35 bits per heavy atom. The van der Waals surface area contributed by atoms with E-state index in [-0.39, 0.29) is 0 Å². The van der Waals surface area contributed by atoms with Crippen molar-refractivity contribution in [3.63, 3.8) is 0 Å². The Morgan fingerprint density at radius 2 is 0.694 bits per heavy atom. The molecule has 3 heterocycles. The summed E-state index contributed by atoms with van der Waals surface area (Å²) >= 11 is 0. The van der Waals surface area contributed by atoms with E-state index in [2.05, 4.69) is 170 Å². The third kappa shape index (κ3) is 6.23. The predicted molar refractivity (Wildman–Crippen MR) is 252 cm³/mol. The highest BCUT2D eigenvalue weighted by Gasteiger charge is 2.20. The fourth-order valence-corrected chi connectivity index (χ4v) is 8.69. The maximum Gasteiger partial charge on any atom is 0.164 e. The fourth-order valence-electron chi connectivity index (χ4n) is 8.69. The maximum atomic E-state index is 6.34. The lowest BCUT2D eigenvalue weighted by Crippen LogP contribution is -2.01. The van der Waals surface area contributed by atoms with Gasteiger partial charge in [0.2, 0.25) is 0 Å². The fraction of sp³-hybridized carbons (Fsp3) is 0. The molecule has 5 heteroatoms. The molecule has 0 radical (unpaired) electrons. The highest BCUT2D eigenvalue weighted by Crippen LogP contribution is 2.42. The highest BCUT2D eigenvalue weighted by atomic mass is 16.3. The van der Waals surface area contributed by atoms with Crippen molar-refractivity contribution < 1.29 is 8.83 Å². The molecule has 9 aromatic carbocycles. The van der Waals surface area contributed by atoms with Crippen molar-refractivity contribution in [3.05, 3.63) is 212 Å². The van der Waals surface area contributed by atoms with Crippen molar-refractivity contribution in [2.24, 2.45) is 0 Å². The monoisotopic (exact) mass is 793 g/mol. The third-order valence-corrected chi connectivity index (χ3v) is 11.8. The van der Waals surface area contributed by atoms with E-state index < -0.39 is 0 Å². The Balaban J connectivity index is 1.07. The van der Waals surface area contributed by atoms with Gasteiger partial charge < -0.3 is 8.83 Å². The van der Waals surface area contributed by atoms with Crippen molar-refractivity contribution in [1.82, 2.24) is 15.0 Å². The minimum absolute atomic E-state index is 0.579. The van der Waals surface area contributed by atoms with E-state index in [1.54, 1.807) is 0 Å². The first-order valence-corrected chi connectivity index (χ1v) is 20.7. The summed E-state index contributed by atoms with van der Waals surface area (Å²) in [5, 5.41) is 4.28. The Morgan fingerprint density at radius 1 is 0.242 bits per heavy atom. The van der Waals surface area contributed by atoms with Gasteiger partial charge >= 0.3 is 0 Å². The molecule has 62 heavy (non-hydrogen) atoms. The lowest BCUT2D eigenvalue weighted by molar-refractivity contribution is 0.668. The molecule has 5 nitrogen and oxygen atoms in total. The van der Waals surface area contributed by atoms with Crippen LogP contribution in [0.3, 0.4) is 0 Å². The molecule has 0 aliphatic carbocycles. The maximum absolute atomic E-state index is 6.34. The zero-order valence-corrected chi connectivity index (χ0v) is 33.4. The molecule has 0 N–H and O–H groups in total. The van der Waals surface area contributed by atoms with Gasteiger partial charge in [-0.15, -0.1) is 0 Å². The Hall–Kier alpha value is -8.41. The van der Waals surface area contributed by atoms with Gasteiger partial charge in [-0.1, -0.05) is 170 Å². The number of hydrogen-bond donors (Lipinski definition) is 0. The summed E-state index contributed by atoms with van der Waals surface area (Å²) in [6, 6.07) is 73.5. The summed E-state index contributed by atoms with van der Waals surface area (Å²) in [5.74, 6) is 1.77. The number of furan rings is 2. The zero-order valence-electron chi connectivity index (χ0n) is 33.4. The van der Waals surface area contributed by atoms with Crippen molar-refractivity contribution in [1.29, 1.82) is 0 Å². The molecule has 0 atom stereocenters. The zero-order chi connectivity index (χ0) is 41.0. The molecule has 3 aromatic heterocycles. The van der Waals surface area contributed by atoms with Gasteiger partial charge in [0.05, 0.1) is 0 Å². The number of para-hydroxylation sites is 2. The van der Waals surface area contributed by atoms with E-state index in [0.29, 0.717) is 17.5 Å². The van der Waals surface area contributed by atoms with Crippen LogP contribution in [0.1, 0.15) is 0 Å². The number of aromatic nitrogens is 3. The smallest absolute Gasteiger partial charge is 0.164 e.